The van der Waals surface area contributed by atoms with Gasteiger partial charge in [-0.15, -0.1) is 0 Å². The lowest BCUT2D eigenvalue weighted by Gasteiger charge is -2.25. The van der Waals surface area contributed by atoms with Gasteiger partial charge >= 0.3 is 0 Å². The smallest absolute Gasteiger partial charge is 0.243 e. The molecule has 6 heteroatoms. The van der Waals surface area contributed by atoms with E-state index >= 15 is 0 Å². The standard InChI is InChI=1S/C21H29N3O3/c1-14-7-6-10-18(15(14)2)22-19(25)13-23(3)21(27)16-11-20(26)24(12-16)17-8-4-5-9-17/h6-7,10,16-17H,4-5,8-9,11-13H2,1-3H3,(H,22,25)/t16-/m1/s1. The predicted molar refractivity (Wildman–Crippen MR) is 104 cm³/mol. The number of nitrogens with zero attached hydrogens (tertiary/aromatic N) is 2. The summed E-state index contributed by atoms with van der Waals surface area (Å²) in [6, 6.07) is 6.05. The number of rotatable bonds is 5. The molecule has 0 radical (unpaired) electrons. The Balaban J connectivity index is 1.55. The van der Waals surface area contributed by atoms with Crippen molar-refractivity contribution in [2.24, 2.45) is 5.92 Å². The molecule has 1 aliphatic heterocycles. The highest BCUT2D eigenvalue weighted by molar-refractivity contribution is 5.96. The second-order valence-corrected chi connectivity index (χ2v) is 7.88. The summed E-state index contributed by atoms with van der Waals surface area (Å²) in [6.45, 7) is 4.43. The number of carbonyl (C=O) groups excluding carboxylic acids is 3. The molecule has 1 saturated heterocycles. The number of benzene rings is 1. The molecule has 1 saturated carbocycles. The van der Waals surface area contributed by atoms with Crippen molar-refractivity contribution in [2.75, 3.05) is 25.5 Å². The molecule has 1 atom stereocenters. The Kier molecular flexibility index (Phi) is 5.82. The maximum atomic E-state index is 12.7. The van der Waals surface area contributed by atoms with Crippen LogP contribution < -0.4 is 5.32 Å². The second kappa shape index (κ2) is 8.11. The van der Waals surface area contributed by atoms with E-state index < -0.39 is 0 Å². The minimum absolute atomic E-state index is 0.0136. The number of likely N-dealkylation sites (N-methyl/N-ethyl adjacent to an activating group) is 1. The molecule has 0 bridgehead atoms. The third kappa shape index (κ3) is 4.31. The van der Waals surface area contributed by atoms with Crippen LogP contribution in [0.15, 0.2) is 18.2 Å². The summed E-state index contributed by atoms with van der Waals surface area (Å²) in [4.78, 5) is 40.7. The molecule has 3 rings (SSSR count). The van der Waals surface area contributed by atoms with Crippen molar-refractivity contribution in [2.45, 2.75) is 52.0 Å². The number of anilines is 1. The van der Waals surface area contributed by atoms with Gasteiger partial charge in [0.1, 0.15) is 0 Å². The fourth-order valence-corrected chi connectivity index (χ4v) is 4.15. The van der Waals surface area contributed by atoms with Crippen molar-refractivity contribution in [3.63, 3.8) is 0 Å². The summed E-state index contributed by atoms with van der Waals surface area (Å²) in [6.07, 6.45) is 4.66. The molecule has 1 heterocycles. The molecule has 1 aromatic carbocycles. The maximum absolute atomic E-state index is 12.7. The molecular weight excluding hydrogens is 342 g/mol. The normalized spacial score (nSPS) is 20.2. The van der Waals surface area contributed by atoms with Crippen LogP contribution in [-0.4, -0.2) is 53.7 Å². The molecule has 2 aliphatic rings. The van der Waals surface area contributed by atoms with Crippen LogP contribution in [0.4, 0.5) is 5.69 Å². The minimum atomic E-state index is -0.336. The average Bonchev–Trinajstić information content (AvgIpc) is 3.27. The zero-order valence-electron chi connectivity index (χ0n) is 16.5. The topological polar surface area (TPSA) is 69.7 Å². The van der Waals surface area contributed by atoms with E-state index in [1.165, 1.54) is 4.90 Å². The van der Waals surface area contributed by atoms with Crippen LogP contribution in [0.5, 0.6) is 0 Å². The largest absolute Gasteiger partial charge is 0.339 e. The molecule has 146 valence electrons. The lowest BCUT2D eigenvalue weighted by atomic mass is 10.1. The van der Waals surface area contributed by atoms with E-state index in [-0.39, 0.29) is 36.6 Å². The van der Waals surface area contributed by atoms with Gasteiger partial charge in [-0.05, 0) is 43.9 Å². The van der Waals surface area contributed by atoms with Gasteiger partial charge in [0.25, 0.3) is 0 Å². The zero-order valence-corrected chi connectivity index (χ0v) is 16.5. The molecule has 1 N–H and O–H groups in total. The molecule has 27 heavy (non-hydrogen) atoms. The van der Waals surface area contributed by atoms with E-state index in [0.717, 1.165) is 42.5 Å². The fourth-order valence-electron chi connectivity index (χ4n) is 4.15. The number of likely N-dealkylation sites (tertiary alicyclic amines) is 1. The van der Waals surface area contributed by atoms with Gasteiger partial charge in [0, 0.05) is 31.7 Å². The van der Waals surface area contributed by atoms with Crippen molar-refractivity contribution in [3.8, 4) is 0 Å². The van der Waals surface area contributed by atoms with Gasteiger partial charge in [0.2, 0.25) is 17.7 Å². The Bertz CT molecular complexity index is 740. The summed E-state index contributed by atoms with van der Waals surface area (Å²) in [7, 11) is 1.63. The first kappa shape index (κ1) is 19.4. The van der Waals surface area contributed by atoms with Crippen LogP contribution in [0.3, 0.4) is 0 Å². The monoisotopic (exact) mass is 371 g/mol. The quantitative estimate of drug-likeness (QED) is 0.864. The minimum Gasteiger partial charge on any atom is -0.339 e. The van der Waals surface area contributed by atoms with Crippen molar-refractivity contribution >= 4 is 23.4 Å². The van der Waals surface area contributed by atoms with Crippen LogP contribution in [0, 0.1) is 19.8 Å². The molecule has 3 amide bonds. The van der Waals surface area contributed by atoms with Gasteiger partial charge in [-0.1, -0.05) is 25.0 Å². The number of nitrogens with one attached hydrogen (secondary N) is 1. The first-order valence-electron chi connectivity index (χ1n) is 9.77. The van der Waals surface area contributed by atoms with Crippen LogP contribution >= 0.6 is 0 Å². The Hall–Kier alpha value is -2.37. The third-order valence-electron chi connectivity index (χ3n) is 5.91. The summed E-state index contributed by atoms with van der Waals surface area (Å²) in [5.74, 6) is -0.610. The number of hydrogen-bond acceptors (Lipinski definition) is 3. The van der Waals surface area contributed by atoms with Crippen molar-refractivity contribution in [1.29, 1.82) is 0 Å². The lowest BCUT2D eigenvalue weighted by Crippen LogP contribution is -2.40. The Morgan fingerprint density at radius 2 is 1.93 bits per heavy atom. The highest BCUT2D eigenvalue weighted by Gasteiger charge is 2.39. The Morgan fingerprint density at radius 3 is 2.63 bits per heavy atom. The van der Waals surface area contributed by atoms with Gasteiger partial charge < -0.3 is 15.1 Å². The third-order valence-corrected chi connectivity index (χ3v) is 5.91. The highest BCUT2D eigenvalue weighted by Crippen LogP contribution is 2.30. The molecule has 6 nitrogen and oxygen atoms in total. The van der Waals surface area contributed by atoms with Gasteiger partial charge in [-0.2, -0.15) is 0 Å². The molecule has 1 aliphatic carbocycles. The maximum Gasteiger partial charge on any atom is 0.243 e. The Labute approximate surface area is 160 Å². The van der Waals surface area contributed by atoms with Gasteiger partial charge in [-0.25, -0.2) is 0 Å². The van der Waals surface area contributed by atoms with Gasteiger partial charge in [-0.3, -0.25) is 14.4 Å². The summed E-state index contributed by atoms with van der Waals surface area (Å²) >= 11 is 0. The van der Waals surface area contributed by atoms with E-state index in [9.17, 15) is 14.4 Å². The number of aryl methyl sites for hydroxylation is 1. The number of carbonyl (C=O) groups is 3. The van der Waals surface area contributed by atoms with E-state index in [1.807, 2.05) is 36.9 Å². The van der Waals surface area contributed by atoms with Crippen molar-refractivity contribution in [3.05, 3.63) is 29.3 Å². The second-order valence-electron chi connectivity index (χ2n) is 7.88. The van der Waals surface area contributed by atoms with Crippen LogP contribution in [0.25, 0.3) is 0 Å². The van der Waals surface area contributed by atoms with Crippen molar-refractivity contribution in [1.82, 2.24) is 9.80 Å². The lowest BCUT2D eigenvalue weighted by molar-refractivity contribution is -0.137. The predicted octanol–water partition coefficient (Wildman–Crippen LogP) is 2.49. The first-order chi connectivity index (χ1) is 12.9. The number of hydrogen-bond donors (Lipinski definition) is 1. The van der Waals surface area contributed by atoms with Crippen LogP contribution in [0.1, 0.15) is 43.2 Å². The number of amides is 3. The molecule has 2 fully saturated rings. The SMILES string of the molecule is Cc1cccc(NC(=O)CN(C)C(=O)[C@@H]2CC(=O)N(C3CCCC3)C2)c1C. The fraction of sp³-hybridized carbons (Fsp3) is 0.571. The molecular formula is C21H29N3O3. The average molecular weight is 371 g/mol. The van der Waals surface area contributed by atoms with Crippen molar-refractivity contribution < 1.29 is 14.4 Å². The molecule has 0 unspecified atom stereocenters. The highest BCUT2D eigenvalue weighted by atomic mass is 16.2. The van der Waals surface area contributed by atoms with Crippen LogP contribution in [0.2, 0.25) is 0 Å². The van der Waals surface area contributed by atoms with E-state index in [1.54, 1.807) is 7.05 Å². The summed E-state index contributed by atoms with van der Waals surface area (Å²) in [5, 5.41) is 2.88. The molecule has 0 aromatic heterocycles. The van der Waals surface area contributed by atoms with E-state index in [4.69, 9.17) is 0 Å². The molecule has 0 spiro atoms. The summed E-state index contributed by atoms with van der Waals surface area (Å²) in [5.41, 5.74) is 2.89. The zero-order chi connectivity index (χ0) is 19.6. The summed E-state index contributed by atoms with van der Waals surface area (Å²) < 4.78 is 0. The van der Waals surface area contributed by atoms with Gasteiger partial charge in [0.05, 0.1) is 12.5 Å². The first-order valence-corrected chi connectivity index (χ1v) is 9.77. The molecule has 1 aromatic rings. The van der Waals surface area contributed by atoms with E-state index in [2.05, 4.69) is 5.32 Å². The van der Waals surface area contributed by atoms with E-state index in [0.29, 0.717) is 12.6 Å². The Morgan fingerprint density at radius 1 is 1.22 bits per heavy atom. The van der Waals surface area contributed by atoms with Gasteiger partial charge in [0.15, 0.2) is 0 Å². The van der Waals surface area contributed by atoms with Crippen LogP contribution in [-0.2, 0) is 14.4 Å².